The van der Waals surface area contributed by atoms with Crippen molar-refractivity contribution < 1.29 is 9.47 Å². The minimum absolute atomic E-state index is 0.322. The van der Waals surface area contributed by atoms with Gasteiger partial charge in [0.25, 0.3) is 0 Å². The third-order valence-electron chi connectivity index (χ3n) is 3.73. The first kappa shape index (κ1) is 12.9. The molecule has 4 heteroatoms. The molecule has 1 aromatic heterocycles. The third-order valence-corrected chi connectivity index (χ3v) is 3.73. The van der Waals surface area contributed by atoms with Gasteiger partial charge < -0.3 is 14.8 Å². The number of aromatic nitrogens is 1. The maximum absolute atomic E-state index is 5.21. The van der Waals surface area contributed by atoms with Gasteiger partial charge in [-0.25, -0.2) is 4.98 Å². The van der Waals surface area contributed by atoms with Crippen LogP contribution >= 0.6 is 0 Å². The molecule has 1 aliphatic heterocycles. The van der Waals surface area contributed by atoms with E-state index in [0.29, 0.717) is 11.8 Å². The maximum Gasteiger partial charge on any atom is 0.213 e. The van der Waals surface area contributed by atoms with Crippen LogP contribution < -0.4 is 14.8 Å². The molecule has 2 heterocycles. The second-order valence-corrected chi connectivity index (χ2v) is 4.85. The first-order valence-electron chi connectivity index (χ1n) is 6.70. The number of ether oxygens (including phenoxy) is 2. The highest BCUT2D eigenvalue weighted by Gasteiger charge is 2.22. The van der Waals surface area contributed by atoms with Crippen LogP contribution in [0.15, 0.2) is 36.4 Å². The van der Waals surface area contributed by atoms with E-state index >= 15 is 0 Å². The smallest absolute Gasteiger partial charge is 0.213 e. The van der Waals surface area contributed by atoms with Gasteiger partial charge in [0, 0.05) is 25.1 Å². The standard InChI is InChI=1S/C16H18N2O2/c1-19-12-5-3-11(4-6-12)14-9-17-10-15-13(14)7-8-16(18-15)20-2/h3-8,14,17H,9-10H2,1-2H3. The average molecular weight is 270 g/mol. The second kappa shape index (κ2) is 5.51. The summed E-state index contributed by atoms with van der Waals surface area (Å²) in [4.78, 5) is 4.53. The van der Waals surface area contributed by atoms with Crippen LogP contribution in [0.3, 0.4) is 0 Å². The molecule has 0 radical (unpaired) electrons. The minimum Gasteiger partial charge on any atom is -0.497 e. The van der Waals surface area contributed by atoms with Crippen molar-refractivity contribution in [3.63, 3.8) is 0 Å². The van der Waals surface area contributed by atoms with Gasteiger partial charge in [0.05, 0.1) is 19.9 Å². The predicted molar refractivity (Wildman–Crippen MR) is 77.3 cm³/mol. The van der Waals surface area contributed by atoms with E-state index in [2.05, 4.69) is 28.5 Å². The van der Waals surface area contributed by atoms with E-state index in [-0.39, 0.29) is 0 Å². The minimum atomic E-state index is 0.322. The average Bonchev–Trinajstić information content (AvgIpc) is 2.54. The fourth-order valence-corrected chi connectivity index (χ4v) is 2.64. The highest BCUT2D eigenvalue weighted by atomic mass is 16.5. The SMILES string of the molecule is COc1ccc(C2CNCc3nc(OC)ccc32)cc1. The Morgan fingerprint density at radius 1 is 1.05 bits per heavy atom. The van der Waals surface area contributed by atoms with E-state index in [1.807, 2.05) is 18.2 Å². The second-order valence-electron chi connectivity index (χ2n) is 4.85. The Balaban J connectivity index is 1.96. The molecule has 0 saturated carbocycles. The molecule has 20 heavy (non-hydrogen) atoms. The van der Waals surface area contributed by atoms with Crippen molar-refractivity contribution in [3.05, 3.63) is 53.2 Å². The number of hydrogen-bond donors (Lipinski definition) is 1. The Hall–Kier alpha value is -2.07. The van der Waals surface area contributed by atoms with Crippen LogP contribution in [-0.4, -0.2) is 25.7 Å². The number of rotatable bonds is 3. The topological polar surface area (TPSA) is 43.4 Å². The molecule has 1 N–H and O–H groups in total. The highest BCUT2D eigenvalue weighted by Crippen LogP contribution is 2.31. The van der Waals surface area contributed by atoms with Crippen LogP contribution in [0.2, 0.25) is 0 Å². The van der Waals surface area contributed by atoms with Gasteiger partial charge in [-0.15, -0.1) is 0 Å². The molecule has 4 nitrogen and oxygen atoms in total. The molecule has 1 unspecified atom stereocenters. The van der Waals surface area contributed by atoms with Gasteiger partial charge in [-0.2, -0.15) is 0 Å². The number of benzene rings is 1. The summed E-state index contributed by atoms with van der Waals surface area (Å²) in [6.45, 7) is 1.71. The zero-order chi connectivity index (χ0) is 13.9. The molecular formula is C16H18N2O2. The Labute approximate surface area is 118 Å². The van der Waals surface area contributed by atoms with E-state index in [9.17, 15) is 0 Å². The van der Waals surface area contributed by atoms with Crippen molar-refractivity contribution in [3.8, 4) is 11.6 Å². The lowest BCUT2D eigenvalue weighted by atomic mass is 9.88. The van der Waals surface area contributed by atoms with Crippen LogP contribution in [0.25, 0.3) is 0 Å². The van der Waals surface area contributed by atoms with Crippen LogP contribution in [-0.2, 0) is 6.54 Å². The number of pyridine rings is 1. The predicted octanol–water partition coefficient (Wildman–Crippen LogP) is 2.33. The van der Waals surface area contributed by atoms with Gasteiger partial charge in [-0.05, 0) is 23.3 Å². The van der Waals surface area contributed by atoms with Crippen LogP contribution in [0.5, 0.6) is 11.6 Å². The lowest BCUT2D eigenvalue weighted by Gasteiger charge is -2.26. The molecule has 3 rings (SSSR count). The quantitative estimate of drug-likeness (QED) is 0.929. The van der Waals surface area contributed by atoms with E-state index < -0.39 is 0 Å². The van der Waals surface area contributed by atoms with Crippen LogP contribution in [0.1, 0.15) is 22.7 Å². The van der Waals surface area contributed by atoms with Gasteiger partial charge in [-0.1, -0.05) is 18.2 Å². The molecule has 1 aliphatic rings. The lowest BCUT2D eigenvalue weighted by Crippen LogP contribution is -2.29. The molecule has 0 spiro atoms. The van der Waals surface area contributed by atoms with Crippen molar-refractivity contribution in [2.75, 3.05) is 20.8 Å². The normalized spacial score (nSPS) is 17.4. The monoisotopic (exact) mass is 270 g/mol. The summed E-state index contributed by atoms with van der Waals surface area (Å²) in [6.07, 6.45) is 0. The molecule has 0 saturated heterocycles. The summed E-state index contributed by atoms with van der Waals surface area (Å²) in [5.41, 5.74) is 3.61. The van der Waals surface area contributed by atoms with Gasteiger partial charge in [0.2, 0.25) is 5.88 Å². The Morgan fingerprint density at radius 3 is 2.55 bits per heavy atom. The van der Waals surface area contributed by atoms with E-state index in [4.69, 9.17) is 9.47 Å². The van der Waals surface area contributed by atoms with Crippen molar-refractivity contribution in [2.45, 2.75) is 12.5 Å². The Kier molecular flexibility index (Phi) is 3.56. The number of hydrogen-bond acceptors (Lipinski definition) is 4. The Morgan fingerprint density at radius 2 is 1.85 bits per heavy atom. The Bertz CT molecular complexity index is 596. The summed E-state index contributed by atoms with van der Waals surface area (Å²) < 4.78 is 10.4. The van der Waals surface area contributed by atoms with E-state index in [1.54, 1.807) is 14.2 Å². The third kappa shape index (κ3) is 2.34. The largest absolute Gasteiger partial charge is 0.497 e. The van der Waals surface area contributed by atoms with Gasteiger partial charge in [0.1, 0.15) is 5.75 Å². The molecule has 1 atom stereocenters. The number of methoxy groups -OCH3 is 2. The fraction of sp³-hybridized carbons (Fsp3) is 0.312. The summed E-state index contributed by atoms with van der Waals surface area (Å²) in [5.74, 6) is 1.87. The molecule has 0 aliphatic carbocycles. The van der Waals surface area contributed by atoms with Crippen molar-refractivity contribution in [2.24, 2.45) is 0 Å². The number of nitrogens with zero attached hydrogens (tertiary/aromatic N) is 1. The molecular weight excluding hydrogens is 252 g/mol. The summed E-state index contributed by atoms with van der Waals surface area (Å²) >= 11 is 0. The maximum atomic E-state index is 5.21. The van der Waals surface area contributed by atoms with Gasteiger partial charge in [0.15, 0.2) is 0 Å². The van der Waals surface area contributed by atoms with Crippen molar-refractivity contribution >= 4 is 0 Å². The number of nitrogens with one attached hydrogen (secondary N) is 1. The molecule has 1 aromatic carbocycles. The van der Waals surface area contributed by atoms with E-state index in [0.717, 1.165) is 24.5 Å². The zero-order valence-corrected chi connectivity index (χ0v) is 11.7. The van der Waals surface area contributed by atoms with Gasteiger partial charge >= 0.3 is 0 Å². The van der Waals surface area contributed by atoms with Gasteiger partial charge in [-0.3, -0.25) is 0 Å². The molecule has 0 fully saturated rings. The summed E-state index contributed by atoms with van der Waals surface area (Å²) in [5, 5.41) is 3.42. The van der Waals surface area contributed by atoms with Crippen LogP contribution in [0, 0.1) is 0 Å². The first-order chi connectivity index (χ1) is 9.81. The lowest BCUT2D eigenvalue weighted by molar-refractivity contribution is 0.393. The first-order valence-corrected chi connectivity index (χ1v) is 6.70. The van der Waals surface area contributed by atoms with Crippen molar-refractivity contribution in [1.82, 2.24) is 10.3 Å². The fourth-order valence-electron chi connectivity index (χ4n) is 2.64. The zero-order valence-electron chi connectivity index (χ0n) is 11.7. The van der Waals surface area contributed by atoms with E-state index in [1.165, 1.54) is 11.1 Å². The molecule has 104 valence electrons. The van der Waals surface area contributed by atoms with Crippen molar-refractivity contribution in [1.29, 1.82) is 0 Å². The molecule has 0 amide bonds. The molecule has 2 aromatic rings. The highest BCUT2D eigenvalue weighted by molar-refractivity contribution is 5.40. The summed E-state index contributed by atoms with van der Waals surface area (Å²) in [7, 11) is 3.33. The van der Waals surface area contributed by atoms with Crippen LogP contribution in [0.4, 0.5) is 0 Å². The summed E-state index contributed by atoms with van der Waals surface area (Å²) in [6, 6.07) is 12.3. The molecule has 0 bridgehead atoms. The number of fused-ring (bicyclic) bond motifs is 1.